The summed E-state index contributed by atoms with van der Waals surface area (Å²) in [5.74, 6) is 0.581. The van der Waals surface area contributed by atoms with E-state index in [4.69, 9.17) is 14.3 Å². The lowest BCUT2D eigenvalue weighted by Crippen LogP contribution is -2.13. The number of carbonyl (C=O) groups excluding carboxylic acids is 1. The molecular formula is C12H17NO5. The fourth-order valence-electron chi connectivity index (χ4n) is 1.56. The van der Waals surface area contributed by atoms with E-state index in [2.05, 4.69) is 10.2 Å². The van der Waals surface area contributed by atoms with E-state index in [-0.39, 0.29) is 0 Å². The van der Waals surface area contributed by atoms with Gasteiger partial charge >= 0.3 is 5.97 Å². The number of esters is 1. The molecule has 6 nitrogen and oxygen atoms in total. The average molecular weight is 255 g/mol. The van der Waals surface area contributed by atoms with E-state index in [0.717, 1.165) is 5.56 Å². The molecule has 100 valence electrons. The molecule has 1 rings (SSSR count). The molecule has 0 heterocycles. The Hall–Kier alpha value is -1.79. The number of benzene rings is 1. The van der Waals surface area contributed by atoms with Crippen molar-refractivity contribution in [2.45, 2.75) is 6.54 Å². The van der Waals surface area contributed by atoms with Gasteiger partial charge in [-0.1, -0.05) is 0 Å². The number of carbonyl (C=O) groups is 1. The number of hydrogen-bond donors (Lipinski definition) is 1. The van der Waals surface area contributed by atoms with Crippen LogP contribution in [0.4, 0.5) is 0 Å². The Balaban J connectivity index is 3.21. The summed E-state index contributed by atoms with van der Waals surface area (Å²) in [5, 5.41) is 0. The van der Waals surface area contributed by atoms with Gasteiger partial charge in [0, 0.05) is 12.1 Å². The van der Waals surface area contributed by atoms with Crippen LogP contribution in [-0.2, 0) is 16.1 Å². The number of hydroxylamine groups is 1. The van der Waals surface area contributed by atoms with Gasteiger partial charge in [0.2, 0.25) is 0 Å². The predicted molar refractivity (Wildman–Crippen MR) is 64.7 cm³/mol. The highest BCUT2D eigenvalue weighted by Crippen LogP contribution is 2.32. The van der Waals surface area contributed by atoms with Gasteiger partial charge in [-0.05, 0) is 12.1 Å². The van der Waals surface area contributed by atoms with Crippen LogP contribution in [0.2, 0.25) is 0 Å². The summed E-state index contributed by atoms with van der Waals surface area (Å²) < 4.78 is 15.1. The van der Waals surface area contributed by atoms with Gasteiger partial charge in [-0.3, -0.25) is 0 Å². The standard InChI is InChI=1S/C12H17NO5/c1-15-10-6-8(12(14)17-3)5-9(7-13-18-4)11(10)16-2/h5-6,13H,7H2,1-4H3. The Morgan fingerprint density at radius 1 is 1.17 bits per heavy atom. The molecule has 18 heavy (non-hydrogen) atoms. The summed E-state index contributed by atoms with van der Waals surface area (Å²) in [4.78, 5) is 16.3. The molecule has 6 heteroatoms. The molecule has 0 aliphatic carbocycles. The van der Waals surface area contributed by atoms with Gasteiger partial charge in [0.05, 0.1) is 34.0 Å². The van der Waals surface area contributed by atoms with E-state index in [1.807, 2.05) is 0 Å². The molecule has 0 amide bonds. The molecule has 1 aromatic carbocycles. The highest BCUT2D eigenvalue weighted by molar-refractivity contribution is 5.90. The quantitative estimate of drug-likeness (QED) is 0.607. The molecular weight excluding hydrogens is 238 g/mol. The number of ether oxygens (including phenoxy) is 3. The molecule has 0 radical (unpaired) electrons. The number of methoxy groups -OCH3 is 3. The average Bonchev–Trinajstić information content (AvgIpc) is 2.42. The van der Waals surface area contributed by atoms with Crippen molar-refractivity contribution in [2.24, 2.45) is 0 Å². The van der Waals surface area contributed by atoms with Gasteiger partial charge in [-0.2, -0.15) is 5.48 Å². The molecule has 0 aliphatic heterocycles. The SMILES string of the molecule is CONCc1cc(C(=O)OC)cc(OC)c1OC. The van der Waals surface area contributed by atoms with E-state index in [0.29, 0.717) is 23.6 Å². The number of nitrogens with one attached hydrogen (secondary N) is 1. The molecule has 0 unspecified atom stereocenters. The van der Waals surface area contributed by atoms with Gasteiger partial charge < -0.3 is 19.0 Å². The largest absolute Gasteiger partial charge is 0.493 e. The van der Waals surface area contributed by atoms with Crippen molar-refractivity contribution in [1.82, 2.24) is 5.48 Å². The van der Waals surface area contributed by atoms with Crippen LogP contribution in [0.1, 0.15) is 15.9 Å². The summed E-state index contributed by atoms with van der Waals surface area (Å²) in [6.07, 6.45) is 0. The molecule has 0 aromatic heterocycles. The van der Waals surface area contributed by atoms with Crippen molar-refractivity contribution in [3.05, 3.63) is 23.3 Å². The summed E-state index contributed by atoms with van der Waals surface area (Å²) in [6.45, 7) is 0.376. The zero-order chi connectivity index (χ0) is 13.5. The Morgan fingerprint density at radius 3 is 2.39 bits per heavy atom. The summed E-state index contributed by atoms with van der Waals surface area (Å²) in [7, 11) is 5.87. The van der Waals surface area contributed by atoms with Crippen LogP contribution >= 0.6 is 0 Å². The third-order valence-electron chi connectivity index (χ3n) is 2.38. The lowest BCUT2D eigenvalue weighted by molar-refractivity contribution is 0.0599. The van der Waals surface area contributed by atoms with E-state index in [1.165, 1.54) is 28.4 Å². The first-order valence-corrected chi connectivity index (χ1v) is 5.27. The molecule has 0 saturated carbocycles. The highest BCUT2D eigenvalue weighted by Gasteiger charge is 2.16. The van der Waals surface area contributed by atoms with Crippen LogP contribution in [0.25, 0.3) is 0 Å². The third kappa shape index (κ3) is 3.12. The first kappa shape index (κ1) is 14.3. The summed E-state index contributed by atoms with van der Waals surface area (Å²) in [6, 6.07) is 3.24. The van der Waals surface area contributed by atoms with Crippen LogP contribution in [0.15, 0.2) is 12.1 Å². The Morgan fingerprint density at radius 2 is 1.89 bits per heavy atom. The number of hydrogen-bond acceptors (Lipinski definition) is 6. The smallest absolute Gasteiger partial charge is 0.337 e. The van der Waals surface area contributed by atoms with Crippen LogP contribution in [0.5, 0.6) is 11.5 Å². The fraction of sp³-hybridized carbons (Fsp3) is 0.417. The topological polar surface area (TPSA) is 66.0 Å². The third-order valence-corrected chi connectivity index (χ3v) is 2.38. The normalized spacial score (nSPS) is 10.0. The summed E-state index contributed by atoms with van der Waals surface area (Å²) >= 11 is 0. The van der Waals surface area contributed by atoms with E-state index >= 15 is 0 Å². The van der Waals surface area contributed by atoms with E-state index in [1.54, 1.807) is 12.1 Å². The Kier molecular flexibility index (Phi) is 5.41. The maximum absolute atomic E-state index is 11.5. The molecule has 1 aromatic rings. The minimum atomic E-state index is -0.436. The van der Waals surface area contributed by atoms with Crippen LogP contribution < -0.4 is 15.0 Å². The van der Waals surface area contributed by atoms with Gasteiger partial charge in [0.15, 0.2) is 11.5 Å². The van der Waals surface area contributed by atoms with Crippen molar-refractivity contribution in [1.29, 1.82) is 0 Å². The van der Waals surface area contributed by atoms with Gasteiger partial charge in [0.25, 0.3) is 0 Å². The van der Waals surface area contributed by atoms with Crippen molar-refractivity contribution in [3.8, 4) is 11.5 Å². The van der Waals surface area contributed by atoms with E-state index in [9.17, 15) is 4.79 Å². The second-order valence-corrected chi connectivity index (χ2v) is 3.39. The zero-order valence-corrected chi connectivity index (χ0v) is 10.9. The lowest BCUT2D eigenvalue weighted by Gasteiger charge is -2.14. The maximum atomic E-state index is 11.5. The molecule has 0 fully saturated rings. The first-order valence-electron chi connectivity index (χ1n) is 5.27. The van der Waals surface area contributed by atoms with Crippen molar-refractivity contribution in [2.75, 3.05) is 28.4 Å². The minimum absolute atomic E-state index is 0.376. The molecule has 0 aliphatic rings. The molecule has 0 spiro atoms. The van der Waals surface area contributed by atoms with Crippen LogP contribution in [-0.4, -0.2) is 34.4 Å². The fourth-order valence-corrected chi connectivity index (χ4v) is 1.56. The Labute approximate surface area is 106 Å². The molecule has 0 bridgehead atoms. The zero-order valence-electron chi connectivity index (χ0n) is 10.9. The van der Waals surface area contributed by atoms with Crippen molar-refractivity contribution < 1.29 is 23.8 Å². The van der Waals surface area contributed by atoms with Crippen molar-refractivity contribution in [3.63, 3.8) is 0 Å². The molecule has 0 atom stereocenters. The first-order chi connectivity index (χ1) is 8.67. The summed E-state index contributed by atoms with van der Waals surface area (Å²) in [5.41, 5.74) is 3.81. The molecule has 0 saturated heterocycles. The number of rotatable bonds is 6. The monoisotopic (exact) mass is 255 g/mol. The molecule has 1 N–H and O–H groups in total. The minimum Gasteiger partial charge on any atom is -0.493 e. The van der Waals surface area contributed by atoms with Crippen LogP contribution in [0, 0.1) is 0 Å². The predicted octanol–water partition coefficient (Wildman–Crippen LogP) is 1.14. The second kappa shape index (κ2) is 6.83. The lowest BCUT2D eigenvalue weighted by atomic mass is 10.1. The Bertz CT molecular complexity index is 419. The van der Waals surface area contributed by atoms with Gasteiger partial charge in [0.1, 0.15) is 0 Å². The van der Waals surface area contributed by atoms with E-state index < -0.39 is 5.97 Å². The second-order valence-electron chi connectivity index (χ2n) is 3.39. The van der Waals surface area contributed by atoms with Crippen LogP contribution in [0.3, 0.4) is 0 Å². The maximum Gasteiger partial charge on any atom is 0.337 e. The van der Waals surface area contributed by atoms with Crippen molar-refractivity contribution >= 4 is 5.97 Å². The van der Waals surface area contributed by atoms with Gasteiger partial charge in [-0.25, -0.2) is 4.79 Å². The highest BCUT2D eigenvalue weighted by atomic mass is 16.6. The van der Waals surface area contributed by atoms with Gasteiger partial charge in [-0.15, -0.1) is 0 Å².